The number of aliphatic hydroxyl groups is 1. The first kappa shape index (κ1) is 20.4. The van der Waals surface area contributed by atoms with Crippen molar-refractivity contribution in [3.63, 3.8) is 0 Å². The van der Waals surface area contributed by atoms with E-state index >= 15 is 0 Å². The number of benzene rings is 2. The highest BCUT2D eigenvalue weighted by Gasteiger charge is 2.19. The van der Waals surface area contributed by atoms with Crippen molar-refractivity contribution >= 4 is 6.03 Å². The summed E-state index contributed by atoms with van der Waals surface area (Å²) in [5, 5.41) is 12.3. The van der Waals surface area contributed by atoms with E-state index in [1.807, 2.05) is 25.2 Å². The molecule has 150 valence electrons. The van der Waals surface area contributed by atoms with Crippen LogP contribution in [0.4, 0.5) is 4.79 Å². The smallest absolute Gasteiger partial charge is 0.317 e. The van der Waals surface area contributed by atoms with Crippen molar-refractivity contribution in [1.29, 1.82) is 0 Å². The lowest BCUT2D eigenvalue weighted by Gasteiger charge is -2.31. The molecule has 1 aliphatic heterocycles. The molecule has 1 atom stereocenters. The van der Waals surface area contributed by atoms with Gasteiger partial charge in [0, 0.05) is 39.8 Å². The van der Waals surface area contributed by atoms with Gasteiger partial charge in [-0.15, -0.1) is 0 Å². The summed E-state index contributed by atoms with van der Waals surface area (Å²) in [5.74, 6) is 0.381. The predicted octanol–water partition coefficient (Wildman–Crippen LogP) is 3.20. The molecular formula is C23H31N3O2. The second kappa shape index (κ2) is 10.2. The Morgan fingerprint density at radius 3 is 2.57 bits per heavy atom. The summed E-state index contributed by atoms with van der Waals surface area (Å²) in [5.41, 5.74) is 3.49. The maximum absolute atomic E-state index is 12.4. The zero-order valence-electron chi connectivity index (χ0n) is 16.7. The normalized spacial score (nSPS) is 17.3. The molecule has 1 saturated heterocycles. The number of amides is 2. The third kappa shape index (κ3) is 5.81. The van der Waals surface area contributed by atoms with E-state index in [1.165, 1.54) is 11.1 Å². The van der Waals surface area contributed by atoms with Gasteiger partial charge in [0.1, 0.15) is 0 Å². The molecule has 0 saturated carbocycles. The molecule has 1 aliphatic rings. The Kier molecular flexibility index (Phi) is 7.46. The van der Waals surface area contributed by atoms with Gasteiger partial charge in [-0.3, -0.25) is 0 Å². The van der Waals surface area contributed by atoms with Crippen LogP contribution < -0.4 is 5.32 Å². The van der Waals surface area contributed by atoms with Crippen molar-refractivity contribution in [1.82, 2.24) is 15.1 Å². The molecule has 2 amide bonds. The number of piperidine rings is 1. The standard InChI is InChI=1S/C23H31N3O2/c1-25(23(28)24-13-15-26-14-5-6-20(17-26)18-27)16-19-9-11-22(12-10-19)21-7-3-2-4-8-21/h2-4,7-12,20,27H,5-6,13-18H2,1H3,(H,24,28)/t20-/m0/s1. The second-order valence-corrected chi connectivity index (χ2v) is 7.64. The number of nitrogens with zero attached hydrogens (tertiary/aromatic N) is 2. The van der Waals surface area contributed by atoms with Crippen molar-refractivity contribution in [2.24, 2.45) is 5.92 Å². The molecule has 0 radical (unpaired) electrons. The summed E-state index contributed by atoms with van der Waals surface area (Å²) >= 11 is 0. The van der Waals surface area contributed by atoms with Crippen LogP contribution in [0.5, 0.6) is 0 Å². The van der Waals surface area contributed by atoms with Crippen LogP contribution >= 0.6 is 0 Å². The maximum Gasteiger partial charge on any atom is 0.317 e. The number of hydrogen-bond donors (Lipinski definition) is 2. The molecule has 0 bridgehead atoms. The molecule has 0 aliphatic carbocycles. The number of carbonyl (C=O) groups is 1. The highest BCUT2D eigenvalue weighted by atomic mass is 16.3. The Balaban J connectivity index is 1.42. The van der Waals surface area contributed by atoms with Crippen molar-refractivity contribution in [3.8, 4) is 11.1 Å². The van der Waals surface area contributed by atoms with Crippen molar-refractivity contribution in [2.45, 2.75) is 19.4 Å². The van der Waals surface area contributed by atoms with Gasteiger partial charge in [-0.2, -0.15) is 0 Å². The number of urea groups is 1. The predicted molar refractivity (Wildman–Crippen MR) is 113 cm³/mol. The quantitative estimate of drug-likeness (QED) is 0.774. The van der Waals surface area contributed by atoms with Crippen LogP contribution in [-0.4, -0.2) is 60.8 Å². The highest BCUT2D eigenvalue weighted by molar-refractivity contribution is 5.73. The van der Waals surface area contributed by atoms with E-state index in [0.29, 0.717) is 19.0 Å². The second-order valence-electron chi connectivity index (χ2n) is 7.64. The topological polar surface area (TPSA) is 55.8 Å². The summed E-state index contributed by atoms with van der Waals surface area (Å²) in [6.07, 6.45) is 2.23. The van der Waals surface area contributed by atoms with E-state index in [9.17, 15) is 9.90 Å². The average molecular weight is 382 g/mol. The van der Waals surface area contributed by atoms with Crippen molar-refractivity contribution < 1.29 is 9.90 Å². The van der Waals surface area contributed by atoms with Crippen LogP contribution in [0.2, 0.25) is 0 Å². The molecule has 2 aromatic carbocycles. The molecular weight excluding hydrogens is 350 g/mol. The van der Waals surface area contributed by atoms with Gasteiger partial charge in [-0.25, -0.2) is 4.79 Å². The summed E-state index contributed by atoms with van der Waals surface area (Å²) in [6, 6.07) is 18.6. The average Bonchev–Trinajstić information content (AvgIpc) is 2.75. The van der Waals surface area contributed by atoms with Crippen LogP contribution in [0.25, 0.3) is 11.1 Å². The Hall–Kier alpha value is -2.37. The lowest BCUT2D eigenvalue weighted by Crippen LogP contribution is -2.44. The first-order chi connectivity index (χ1) is 13.7. The molecule has 3 rings (SSSR count). The van der Waals surface area contributed by atoms with Crippen LogP contribution in [0.15, 0.2) is 54.6 Å². The van der Waals surface area contributed by atoms with E-state index < -0.39 is 0 Å². The minimum Gasteiger partial charge on any atom is -0.396 e. The Labute approximate surface area is 168 Å². The van der Waals surface area contributed by atoms with E-state index in [0.717, 1.165) is 38.0 Å². The lowest BCUT2D eigenvalue weighted by atomic mass is 9.99. The Morgan fingerprint density at radius 2 is 1.86 bits per heavy atom. The molecule has 0 spiro atoms. The Bertz CT molecular complexity index is 733. The van der Waals surface area contributed by atoms with Gasteiger partial charge in [0.2, 0.25) is 0 Å². The van der Waals surface area contributed by atoms with Crippen LogP contribution in [0, 0.1) is 5.92 Å². The number of likely N-dealkylation sites (tertiary alicyclic amines) is 1. The van der Waals surface area contributed by atoms with Crippen molar-refractivity contribution in [3.05, 3.63) is 60.2 Å². The molecule has 5 nitrogen and oxygen atoms in total. The number of rotatable bonds is 7. The summed E-state index contributed by atoms with van der Waals surface area (Å²) in [6.45, 7) is 4.29. The van der Waals surface area contributed by atoms with Crippen molar-refractivity contribution in [2.75, 3.05) is 39.8 Å². The molecule has 1 fully saturated rings. The fourth-order valence-electron chi connectivity index (χ4n) is 3.74. The molecule has 0 unspecified atom stereocenters. The van der Waals surface area contributed by atoms with Gasteiger partial charge in [0.05, 0.1) is 0 Å². The minimum atomic E-state index is -0.0529. The minimum absolute atomic E-state index is 0.0529. The molecule has 1 heterocycles. The molecule has 28 heavy (non-hydrogen) atoms. The van der Waals surface area contributed by atoms with Gasteiger partial charge >= 0.3 is 6.03 Å². The summed E-state index contributed by atoms with van der Waals surface area (Å²) < 4.78 is 0. The monoisotopic (exact) mass is 381 g/mol. The third-order valence-corrected chi connectivity index (χ3v) is 5.39. The highest BCUT2D eigenvalue weighted by Crippen LogP contribution is 2.19. The van der Waals surface area contributed by atoms with E-state index in [4.69, 9.17) is 0 Å². The van der Waals surface area contributed by atoms with Gasteiger partial charge in [0.15, 0.2) is 0 Å². The first-order valence-electron chi connectivity index (χ1n) is 10.1. The lowest BCUT2D eigenvalue weighted by molar-refractivity contribution is 0.121. The number of aliphatic hydroxyl groups excluding tert-OH is 1. The van der Waals surface area contributed by atoms with E-state index in [-0.39, 0.29) is 12.6 Å². The van der Waals surface area contributed by atoms with Crippen LogP contribution in [0.1, 0.15) is 18.4 Å². The van der Waals surface area contributed by atoms with Crippen LogP contribution in [0.3, 0.4) is 0 Å². The molecule has 2 aromatic rings. The maximum atomic E-state index is 12.4. The number of nitrogens with one attached hydrogen (secondary N) is 1. The van der Waals surface area contributed by atoms with E-state index in [2.05, 4.69) is 46.6 Å². The zero-order valence-corrected chi connectivity index (χ0v) is 16.7. The summed E-state index contributed by atoms with van der Waals surface area (Å²) in [4.78, 5) is 16.4. The zero-order chi connectivity index (χ0) is 19.8. The SMILES string of the molecule is CN(Cc1ccc(-c2ccccc2)cc1)C(=O)NCCN1CCC[C@H](CO)C1. The van der Waals surface area contributed by atoms with Gasteiger partial charge in [-0.1, -0.05) is 54.6 Å². The van der Waals surface area contributed by atoms with Gasteiger partial charge < -0.3 is 20.2 Å². The number of hydrogen-bond acceptors (Lipinski definition) is 3. The molecule has 0 aromatic heterocycles. The fourth-order valence-corrected chi connectivity index (χ4v) is 3.74. The van der Waals surface area contributed by atoms with Gasteiger partial charge in [0.25, 0.3) is 0 Å². The number of carbonyl (C=O) groups excluding carboxylic acids is 1. The van der Waals surface area contributed by atoms with Gasteiger partial charge in [-0.05, 0) is 42.0 Å². The molecule has 5 heteroatoms. The first-order valence-corrected chi connectivity index (χ1v) is 10.1. The van der Waals surface area contributed by atoms with E-state index in [1.54, 1.807) is 4.90 Å². The largest absolute Gasteiger partial charge is 0.396 e. The molecule has 2 N–H and O–H groups in total. The fraction of sp³-hybridized carbons (Fsp3) is 0.435. The Morgan fingerprint density at radius 1 is 1.14 bits per heavy atom. The third-order valence-electron chi connectivity index (χ3n) is 5.39. The van der Waals surface area contributed by atoms with Crippen LogP contribution in [-0.2, 0) is 6.54 Å². The summed E-state index contributed by atoms with van der Waals surface area (Å²) in [7, 11) is 1.82.